The van der Waals surface area contributed by atoms with Crippen molar-refractivity contribution in [3.8, 4) is 33.5 Å². The Kier molecular flexibility index (Phi) is 5.68. The van der Waals surface area contributed by atoms with E-state index in [0.29, 0.717) is 0 Å². The van der Waals surface area contributed by atoms with Crippen molar-refractivity contribution in [1.82, 2.24) is 9.38 Å². The molecule has 0 aliphatic heterocycles. The van der Waals surface area contributed by atoms with Gasteiger partial charge in [-0.15, -0.1) is 11.3 Å². The van der Waals surface area contributed by atoms with Gasteiger partial charge >= 0.3 is 0 Å². The predicted molar refractivity (Wildman–Crippen MR) is 223 cm³/mol. The number of pyridine rings is 1. The van der Waals surface area contributed by atoms with Gasteiger partial charge in [0.2, 0.25) is 0 Å². The van der Waals surface area contributed by atoms with Crippen molar-refractivity contribution in [2.75, 3.05) is 0 Å². The predicted octanol–water partition coefficient (Wildman–Crippen LogP) is 13.9. The fourth-order valence-electron chi connectivity index (χ4n) is 8.82. The third-order valence-corrected chi connectivity index (χ3v) is 12.4. The molecule has 240 valence electrons. The maximum atomic E-state index is 5.20. The minimum atomic E-state index is 1.03. The maximum absolute atomic E-state index is 5.20. The van der Waals surface area contributed by atoms with E-state index in [4.69, 9.17) is 4.98 Å². The molecule has 3 heteroatoms. The van der Waals surface area contributed by atoms with E-state index in [1.54, 1.807) is 0 Å². The summed E-state index contributed by atoms with van der Waals surface area (Å²) in [5, 5.41) is 11.5. The number of aromatic nitrogens is 2. The van der Waals surface area contributed by atoms with Crippen molar-refractivity contribution in [1.29, 1.82) is 0 Å². The molecular formula is C49H28N2S. The Morgan fingerprint density at radius 3 is 1.77 bits per heavy atom. The van der Waals surface area contributed by atoms with E-state index in [9.17, 15) is 0 Å². The summed E-state index contributed by atoms with van der Waals surface area (Å²) in [6, 6.07) is 62.2. The molecule has 52 heavy (non-hydrogen) atoms. The van der Waals surface area contributed by atoms with Crippen molar-refractivity contribution in [2.45, 2.75) is 0 Å². The van der Waals surface area contributed by atoms with Crippen LogP contribution in [0, 0.1) is 0 Å². The van der Waals surface area contributed by atoms with Crippen molar-refractivity contribution < 1.29 is 0 Å². The number of para-hydroxylation sites is 3. The number of fused-ring (bicyclic) bond motifs is 13. The molecule has 4 aromatic heterocycles. The normalized spacial score (nSPS) is 12.2. The average Bonchev–Trinajstić information content (AvgIpc) is 3.88. The molecule has 0 saturated carbocycles. The Balaban J connectivity index is 1.09. The molecule has 0 amide bonds. The van der Waals surface area contributed by atoms with Gasteiger partial charge in [0.25, 0.3) is 0 Å². The molecule has 0 N–H and O–H groups in total. The van der Waals surface area contributed by atoms with Crippen molar-refractivity contribution in [2.24, 2.45) is 0 Å². The molecule has 0 aliphatic rings. The maximum Gasteiger partial charge on any atom is 0.0788 e. The Morgan fingerprint density at radius 2 is 0.981 bits per heavy atom. The zero-order valence-corrected chi connectivity index (χ0v) is 28.8. The largest absolute Gasteiger partial charge is 0.308 e. The molecule has 0 spiro atoms. The first-order chi connectivity index (χ1) is 25.8. The fraction of sp³-hybridized carbons (Fsp3) is 0. The first kappa shape index (κ1) is 28.2. The molecule has 2 nitrogen and oxygen atoms in total. The molecule has 0 fully saturated rings. The monoisotopic (exact) mass is 676 g/mol. The SMILES string of the molecule is c1ccc(-c2nc3ccccc3c3c2ccc2c4cccc(-c5cccc(-c6cc7c8ccccc8n8c9ccccc9c(c6)c78)c5)c4sc23)cc1. The van der Waals surface area contributed by atoms with Crippen LogP contribution >= 0.6 is 11.3 Å². The van der Waals surface area contributed by atoms with Crippen LogP contribution in [0.3, 0.4) is 0 Å². The van der Waals surface area contributed by atoms with Gasteiger partial charge in [0.1, 0.15) is 0 Å². The third-order valence-electron chi connectivity index (χ3n) is 11.1. The zero-order chi connectivity index (χ0) is 33.9. The Morgan fingerprint density at radius 1 is 0.385 bits per heavy atom. The molecule has 0 radical (unpaired) electrons. The Labute approximate surface area is 302 Å². The molecule has 12 rings (SSSR count). The summed E-state index contributed by atoms with van der Waals surface area (Å²) >= 11 is 1.91. The van der Waals surface area contributed by atoms with Crippen LogP contribution in [-0.2, 0) is 0 Å². The lowest BCUT2D eigenvalue weighted by Gasteiger charge is -2.11. The van der Waals surface area contributed by atoms with E-state index in [0.717, 1.165) is 16.8 Å². The van der Waals surface area contributed by atoms with E-state index in [1.165, 1.54) is 96.7 Å². The highest BCUT2D eigenvalue weighted by Crippen LogP contribution is 2.47. The highest BCUT2D eigenvalue weighted by atomic mass is 32.1. The summed E-state index contributed by atoms with van der Waals surface area (Å²) in [4.78, 5) is 5.20. The molecule has 0 atom stereocenters. The van der Waals surface area contributed by atoms with Crippen LogP contribution in [0.25, 0.3) is 113 Å². The topological polar surface area (TPSA) is 17.3 Å². The highest BCUT2D eigenvalue weighted by molar-refractivity contribution is 7.27. The van der Waals surface area contributed by atoms with Crippen LogP contribution < -0.4 is 0 Å². The second-order valence-electron chi connectivity index (χ2n) is 13.9. The standard InChI is InChI=1S/C49H28N2S/c1-2-12-29(13-3-1)46-39-25-24-37-36-20-11-19-33(48(36)52-49(37)45(39)38-18-4-7-21-42(38)50-46)31-15-10-14-30(26-31)32-27-40-34-16-5-8-22-43(34)51-44-23-9-6-17-35(44)41(28-32)47(40)51/h1-28H. The summed E-state index contributed by atoms with van der Waals surface area (Å²) in [7, 11) is 0. The van der Waals surface area contributed by atoms with Crippen molar-refractivity contribution >= 4 is 91.3 Å². The minimum Gasteiger partial charge on any atom is -0.308 e. The smallest absolute Gasteiger partial charge is 0.0788 e. The number of nitrogens with zero attached hydrogens (tertiary/aromatic N) is 2. The lowest BCUT2D eigenvalue weighted by Crippen LogP contribution is -1.89. The van der Waals surface area contributed by atoms with Gasteiger partial charge in [0.15, 0.2) is 0 Å². The molecule has 0 saturated heterocycles. The number of benzene rings is 8. The fourth-order valence-corrected chi connectivity index (χ4v) is 10.2. The molecule has 12 aromatic rings. The van der Waals surface area contributed by atoms with Gasteiger partial charge in [0.05, 0.1) is 27.8 Å². The summed E-state index contributed by atoms with van der Waals surface area (Å²) in [6.45, 7) is 0. The molecule has 8 aromatic carbocycles. The molecule has 0 unspecified atom stereocenters. The quantitative estimate of drug-likeness (QED) is 0.170. The molecule has 0 bridgehead atoms. The lowest BCUT2D eigenvalue weighted by molar-refractivity contribution is 1.37. The van der Waals surface area contributed by atoms with E-state index in [-0.39, 0.29) is 0 Å². The molecule has 4 heterocycles. The molecular weight excluding hydrogens is 649 g/mol. The Bertz CT molecular complexity index is 3320. The minimum absolute atomic E-state index is 1.03. The van der Waals surface area contributed by atoms with Gasteiger partial charge in [-0.3, -0.25) is 0 Å². The van der Waals surface area contributed by atoms with Crippen LogP contribution in [0.1, 0.15) is 0 Å². The summed E-state index contributed by atoms with van der Waals surface area (Å²) in [5.74, 6) is 0. The first-order valence-electron chi connectivity index (χ1n) is 17.8. The van der Waals surface area contributed by atoms with E-state index in [2.05, 4.69) is 174 Å². The van der Waals surface area contributed by atoms with Gasteiger partial charge in [-0.25, -0.2) is 4.98 Å². The van der Waals surface area contributed by atoms with Crippen LogP contribution in [0.5, 0.6) is 0 Å². The Hall–Kier alpha value is -6.55. The van der Waals surface area contributed by atoms with Gasteiger partial charge in [-0.05, 0) is 58.7 Å². The van der Waals surface area contributed by atoms with Crippen molar-refractivity contribution in [3.63, 3.8) is 0 Å². The summed E-state index contributed by atoms with van der Waals surface area (Å²) in [5.41, 5.74) is 12.0. The second-order valence-corrected chi connectivity index (χ2v) is 14.9. The van der Waals surface area contributed by atoms with Gasteiger partial charge in [0, 0.05) is 63.4 Å². The van der Waals surface area contributed by atoms with E-state index < -0.39 is 0 Å². The average molecular weight is 677 g/mol. The van der Waals surface area contributed by atoms with E-state index in [1.807, 2.05) is 11.3 Å². The lowest BCUT2D eigenvalue weighted by atomic mass is 9.95. The van der Waals surface area contributed by atoms with Crippen LogP contribution in [0.2, 0.25) is 0 Å². The van der Waals surface area contributed by atoms with E-state index >= 15 is 0 Å². The third kappa shape index (κ3) is 3.80. The van der Waals surface area contributed by atoms with Crippen LogP contribution in [0.4, 0.5) is 0 Å². The first-order valence-corrected chi connectivity index (χ1v) is 18.6. The number of rotatable bonds is 3. The summed E-state index contributed by atoms with van der Waals surface area (Å²) in [6.07, 6.45) is 0. The van der Waals surface area contributed by atoms with Crippen molar-refractivity contribution in [3.05, 3.63) is 170 Å². The van der Waals surface area contributed by atoms with Crippen LogP contribution in [-0.4, -0.2) is 9.38 Å². The number of hydrogen-bond acceptors (Lipinski definition) is 2. The second kappa shape index (κ2) is 10.5. The molecule has 0 aliphatic carbocycles. The summed E-state index contributed by atoms with van der Waals surface area (Å²) < 4.78 is 5.08. The number of thiophene rings is 1. The van der Waals surface area contributed by atoms with Crippen LogP contribution in [0.15, 0.2) is 170 Å². The zero-order valence-electron chi connectivity index (χ0n) is 28.0. The highest BCUT2D eigenvalue weighted by Gasteiger charge is 2.20. The van der Waals surface area contributed by atoms with Gasteiger partial charge in [-0.2, -0.15) is 0 Å². The van der Waals surface area contributed by atoms with Gasteiger partial charge < -0.3 is 4.40 Å². The van der Waals surface area contributed by atoms with Gasteiger partial charge in [-0.1, -0.05) is 133 Å². The number of hydrogen-bond donors (Lipinski definition) is 0.